The molecular formula is C14H24N4O. The smallest absolute Gasteiger partial charge is 0.272 e. The number of hydrogen-bond acceptors (Lipinski definition) is 4. The zero-order chi connectivity index (χ0) is 14.3. The third kappa shape index (κ3) is 4.85. The number of aromatic nitrogens is 2. The first-order valence-corrected chi connectivity index (χ1v) is 6.94. The fourth-order valence-electron chi connectivity index (χ4n) is 1.56. The minimum absolute atomic E-state index is 0.154. The molecule has 5 heteroatoms. The van der Waals surface area contributed by atoms with Gasteiger partial charge in [0.25, 0.3) is 5.91 Å². The zero-order valence-electron chi connectivity index (χ0n) is 12.3. The Kier molecular flexibility index (Phi) is 6.25. The Morgan fingerprint density at radius 2 is 2.11 bits per heavy atom. The molecule has 0 saturated heterocycles. The van der Waals surface area contributed by atoms with Crippen molar-refractivity contribution in [1.29, 1.82) is 0 Å². The Morgan fingerprint density at radius 3 is 2.63 bits per heavy atom. The second kappa shape index (κ2) is 7.71. The molecule has 106 valence electrons. The van der Waals surface area contributed by atoms with Crippen molar-refractivity contribution in [3.63, 3.8) is 0 Å². The highest BCUT2D eigenvalue weighted by atomic mass is 16.2. The molecule has 1 rings (SSSR count). The SMILES string of the molecule is CCCCN(C)c1ccc(C(=O)NC(C)CC)nn1. The molecule has 0 bridgehead atoms. The lowest BCUT2D eigenvalue weighted by Crippen LogP contribution is -2.32. The predicted octanol–water partition coefficient (Wildman–Crippen LogP) is 2.24. The van der Waals surface area contributed by atoms with Crippen molar-refractivity contribution >= 4 is 11.7 Å². The van der Waals surface area contributed by atoms with E-state index in [9.17, 15) is 4.79 Å². The van der Waals surface area contributed by atoms with Gasteiger partial charge < -0.3 is 10.2 Å². The normalized spacial score (nSPS) is 12.0. The molecule has 0 aliphatic rings. The number of rotatable bonds is 7. The lowest BCUT2D eigenvalue weighted by atomic mass is 10.2. The average Bonchev–Trinajstić information content (AvgIpc) is 2.44. The fraction of sp³-hybridized carbons (Fsp3) is 0.643. The maximum absolute atomic E-state index is 11.8. The average molecular weight is 264 g/mol. The Hall–Kier alpha value is -1.65. The minimum atomic E-state index is -0.162. The van der Waals surface area contributed by atoms with Crippen molar-refractivity contribution in [2.75, 3.05) is 18.5 Å². The molecule has 1 aromatic heterocycles. The summed E-state index contributed by atoms with van der Waals surface area (Å²) >= 11 is 0. The van der Waals surface area contributed by atoms with E-state index in [0.29, 0.717) is 5.69 Å². The van der Waals surface area contributed by atoms with E-state index in [-0.39, 0.29) is 11.9 Å². The number of amides is 1. The second-order valence-electron chi connectivity index (χ2n) is 4.83. The van der Waals surface area contributed by atoms with Crippen LogP contribution in [0, 0.1) is 0 Å². The van der Waals surface area contributed by atoms with E-state index in [4.69, 9.17) is 0 Å². The summed E-state index contributed by atoms with van der Waals surface area (Å²) in [6, 6.07) is 3.72. The topological polar surface area (TPSA) is 58.1 Å². The van der Waals surface area contributed by atoms with Crippen LogP contribution in [0.3, 0.4) is 0 Å². The number of carbonyl (C=O) groups is 1. The molecule has 1 N–H and O–H groups in total. The molecule has 19 heavy (non-hydrogen) atoms. The Labute approximate surface area is 115 Å². The van der Waals surface area contributed by atoms with Gasteiger partial charge in [0.05, 0.1) is 0 Å². The maximum atomic E-state index is 11.8. The molecule has 0 fully saturated rings. The lowest BCUT2D eigenvalue weighted by molar-refractivity contribution is 0.0933. The van der Waals surface area contributed by atoms with Crippen LogP contribution in [0.25, 0.3) is 0 Å². The molecule has 0 aliphatic carbocycles. The first-order chi connectivity index (χ1) is 9.08. The summed E-state index contributed by atoms with van der Waals surface area (Å²) in [5.74, 6) is 0.637. The van der Waals surface area contributed by atoms with Crippen molar-refractivity contribution in [3.05, 3.63) is 17.8 Å². The summed E-state index contributed by atoms with van der Waals surface area (Å²) in [6.07, 6.45) is 3.17. The van der Waals surface area contributed by atoms with Gasteiger partial charge in [0.15, 0.2) is 11.5 Å². The minimum Gasteiger partial charge on any atom is -0.358 e. The number of carbonyl (C=O) groups excluding carboxylic acids is 1. The van der Waals surface area contributed by atoms with E-state index < -0.39 is 0 Å². The molecule has 1 unspecified atom stereocenters. The third-order valence-corrected chi connectivity index (χ3v) is 3.11. The van der Waals surface area contributed by atoms with Crippen molar-refractivity contribution in [3.8, 4) is 0 Å². The van der Waals surface area contributed by atoms with E-state index in [0.717, 1.165) is 31.6 Å². The molecule has 0 aromatic carbocycles. The summed E-state index contributed by atoms with van der Waals surface area (Å²) in [4.78, 5) is 13.9. The van der Waals surface area contributed by atoms with Crippen LogP contribution in [0.15, 0.2) is 12.1 Å². The van der Waals surface area contributed by atoms with E-state index in [2.05, 4.69) is 22.4 Å². The van der Waals surface area contributed by atoms with Gasteiger partial charge in [0.2, 0.25) is 0 Å². The van der Waals surface area contributed by atoms with Gasteiger partial charge >= 0.3 is 0 Å². The highest BCUT2D eigenvalue weighted by Gasteiger charge is 2.11. The number of nitrogens with zero attached hydrogens (tertiary/aromatic N) is 3. The lowest BCUT2D eigenvalue weighted by Gasteiger charge is -2.17. The van der Waals surface area contributed by atoms with Crippen LogP contribution >= 0.6 is 0 Å². The van der Waals surface area contributed by atoms with Crippen molar-refractivity contribution in [1.82, 2.24) is 15.5 Å². The maximum Gasteiger partial charge on any atom is 0.272 e. The van der Waals surface area contributed by atoms with Crippen molar-refractivity contribution in [2.45, 2.75) is 46.1 Å². The molecule has 5 nitrogen and oxygen atoms in total. The number of hydrogen-bond donors (Lipinski definition) is 1. The molecule has 0 radical (unpaired) electrons. The molecule has 0 saturated carbocycles. The summed E-state index contributed by atoms with van der Waals surface area (Å²) < 4.78 is 0. The highest BCUT2D eigenvalue weighted by molar-refractivity contribution is 5.92. The third-order valence-electron chi connectivity index (χ3n) is 3.11. The first kappa shape index (κ1) is 15.4. The van der Waals surface area contributed by atoms with E-state index in [1.54, 1.807) is 6.07 Å². The van der Waals surface area contributed by atoms with Gasteiger partial charge in [-0.25, -0.2) is 0 Å². The fourth-order valence-corrected chi connectivity index (χ4v) is 1.56. The Bertz CT molecular complexity index is 391. The van der Waals surface area contributed by atoms with Gasteiger partial charge in [-0.15, -0.1) is 10.2 Å². The molecule has 1 heterocycles. The molecule has 0 aliphatic heterocycles. The van der Waals surface area contributed by atoms with Gasteiger partial charge in [0, 0.05) is 19.6 Å². The summed E-state index contributed by atoms with van der Waals surface area (Å²) in [5, 5.41) is 11.0. The highest BCUT2D eigenvalue weighted by Crippen LogP contribution is 2.08. The Balaban J connectivity index is 2.62. The van der Waals surface area contributed by atoms with Gasteiger partial charge in [-0.2, -0.15) is 0 Å². The second-order valence-corrected chi connectivity index (χ2v) is 4.83. The van der Waals surface area contributed by atoms with Crippen LogP contribution in [0.2, 0.25) is 0 Å². The van der Waals surface area contributed by atoms with Gasteiger partial charge in [0.1, 0.15) is 0 Å². The van der Waals surface area contributed by atoms with Gasteiger partial charge in [-0.3, -0.25) is 4.79 Å². The summed E-state index contributed by atoms with van der Waals surface area (Å²) in [5.41, 5.74) is 0.368. The molecule has 0 spiro atoms. The molecule has 1 amide bonds. The van der Waals surface area contributed by atoms with E-state index in [1.165, 1.54) is 0 Å². The van der Waals surface area contributed by atoms with Crippen molar-refractivity contribution in [2.24, 2.45) is 0 Å². The van der Waals surface area contributed by atoms with E-state index in [1.807, 2.05) is 31.9 Å². The molecule has 1 atom stereocenters. The number of nitrogens with one attached hydrogen (secondary N) is 1. The van der Waals surface area contributed by atoms with Crippen LogP contribution in [0.5, 0.6) is 0 Å². The zero-order valence-corrected chi connectivity index (χ0v) is 12.3. The van der Waals surface area contributed by atoms with Gasteiger partial charge in [-0.1, -0.05) is 20.3 Å². The van der Waals surface area contributed by atoms with Crippen LogP contribution in [0.4, 0.5) is 5.82 Å². The first-order valence-electron chi connectivity index (χ1n) is 6.94. The van der Waals surface area contributed by atoms with Gasteiger partial charge in [-0.05, 0) is 31.9 Å². The van der Waals surface area contributed by atoms with Crippen LogP contribution in [-0.2, 0) is 0 Å². The molecule has 1 aromatic rings. The quantitative estimate of drug-likeness (QED) is 0.820. The number of anilines is 1. The summed E-state index contributed by atoms with van der Waals surface area (Å²) in [6.45, 7) is 7.10. The monoisotopic (exact) mass is 264 g/mol. The van der Waals surface area contributed by atoms with E-state index >= 15 is 0 Å². The Morgan fingerprint density at radius 1 is 1.37 bits per heavy atom. The standard InChI is InChI=1S/C14H24N4O/c1-5-7-10-18(4)13-9-8-12(16-17-13)14(19)15-11(3)6-2/h8-9,11H,5-7,10H2,1-4H3,(H,15,19). The van der Waals surface area contributed by atoms with Crippen LogP contribution < -0.4 is 10.2 Å². The summed E-state index contributed by atoms with van der Waals surface area (Å²) in [7, 11) is 1.98. The largest absolute Gasteiger partial charge is 0.358 e. The van der Waals surface area contributed by atoms with Crippen LogP contribution in [0.1, 0.15) is 50.5 Å². The van der Waals surface area contributed by atoms with Crippen molar-refractivity contribution < 1.29 is 4.79 Å². The predicted molar refractivity (Wildman–Crippen MR) is 77.4 cm³/mol. The van der Waals surface area contributed by atoms with Crippen LogP contribution in [-0.4, -0.2) is 35.7 Å². The molecular weight excluding hydrogens is 240 g/mol. The number of unbranched alkanes of at least 4 members (excludes halogenated alkanes) is 1.